The van der Waals surface area contributed by atoms with Crippen molar-refractivity contribution in [2.75, 3.05) is 20.3 Å². The highest BCUT2D eigenvalue weighted by Crippen LogP contribution is 2.37. The van der Waals surface area contributed by atoms with E-state index >= 15 is 0 Å². The van der Waals surface area contributed by atoms with Gasteiger partial charge in [0, 0.05) is 12.0 Å². The summed E-state index contributed by atoms with van der Waals surface area (Å²) in [5.41, 5.74) is 6.13. The van der Waals surface area contributed by atoms with Gasteiger partial charge in [-0.15, -0.1) is 0 Å². The van der Waals surface area contributed by atoms with Gasteiger partial charge in [-0.1, -0.05) is 31.4 Å². The molecular weight excluding hydrogens is 226 g/mol. The molecule has 1 saturated carbocycles. The summed E-state index contributed by atoms with van der Waals surface area (Å²) in [5.74, 6) is 1.61. The van der Waals surface area contributed by atoms with Gasteiger partial charge in [0.15, 0.2) is 11.5 Å². The lowest BCUT2D eigenvalue weighted by molar-refractivity contribution is 0.103. The van der Waals surface area contributed by atoms with Crippen LogP contribution in [0.1, 0.15) is 32.1 Å². The molecule has 3 heteroatoms. The van der Waals surface area contributed by atoms with Gasteiger partial charge in [-0.05, 0) is 25.0 Å². The van der Waals surface area contributed by atoms with Crippen LogP contribution in [-0.2, 0) is 0 Å². The molecule has 18 heavy (non-hydrogen) atoms. The number of hydrogen-bond donors (Lipinski definition) is 1. The average Bonchev–Trinajstić information content (AvgIpc) is 2.46. The first-order valence-electron chi connectivity index (χ1n) is 6.75. The van der Waals surface area contributed by atoms with Crippen molar-refractivity contribution in [2.45, 2.75) is 32.1 Å². The van der Waals surface area contributed by atoms with Crippen molar-refractivity contribution < 1.29 is 9.47 Å². The van der Waals surface area contributed by atoms with Crippen LogP contribution in [0.2, 0.25) is 0 Å². The van der Waals surface area contributed by atoms with Crippen molar-refractivity contribution in [1.82, 2.24) is 0 Å². The molecule has 1 aliphatic rings. The van der Waals surface area contributed by atoms with Crippen LogP contribution in [0.5, 0.6) is 11.5 Å². The Hall–Kier alpha value is -1.22. The Morgan fingerprint density at radius 1 is 1.11 bits per heavy atom. The predicted molar refractivity (Wildman–Crippen MR) is 73.1 cm³/mol. The number of ether oxygens (including phenoxy) is 2. The van der Waals surface area contributed by atoms with Crippen molar-refractivity contribution in [3.05, 3.63) is 24.3 Å². The monoisotopic (exact) mass is 249 g/mol. The zero-order chi connectivity index (χ0) is 12.8. The van der Waals surface area contributed by atoms with E-state index in [1.165, 1.54) is 32.1 Å². The Bertz CT molecular complexity index is 373. The number of rotatable bonds is 5. The molecule has 1 fully saturated rings. The fourth-order valence-electron chi connectivity index (χ4n) is 2.68. The van der Waals surface area contributed by atoms with Gasteiger partial charge in [-0.25, -0.2) is 0 Å². The molecule has 1 aromatic rings. The van der Waals surface area contributed by atoms with Crippen LogP contribution in [-0.4, -0.2) is 20.3 Å². The SMILES string of the molecule is COc1ccccc1OCC1(CN)CCCCC1. The van der Waals surface area contributed by atoms with E-state index in [1.807, 2.05) is 24.3 Å². The summed E-state index contributed by atoms with van der Waals surface area (Å²) in [4.78, 5) is 0. The summed E-state index contributed by atoms with van der Waals surface area (Å²) in [6.45, 7) is 1.41. The Balaban J connectivity index is 2.01. The highest BCUT2D eigenvalue weighted by Gasteiger charge is 2.31. The fraction of sp³-hybridized carbons (Fsp3) is 0.600. The van der Waals surface area contributed by atoms with Gasteiger partial charge >= 0.3 is 0 Å². The molecule has 0 aromatic heterocycles. The normalized spacial score (nSPS) is 18.3. The number of methoxy groups -OCH3 is 1. The third-order valence-electron chi connectivity index (χ3n) is 3.95. The molecule has 0 atom stereocenters. The standard InChI is InChI=1S/C15H23NO2/c1-17-13-7-3-4-8-14(13)18-12-15(11-16)9-5-2-6-10-15/h3-4,7-8H,2,5-6,9-12,16H2,1H3. The van der Waals surface area contributed by atoms with Gasteiger partial charge in [0.2, 0.25) is 0 Å². The maximum absolute atomic E-state index is 5.96. The minimum absolute atomic E-state index is 0.166. The summed E-state index contributed by atoms with van der Waals surface area (Å²) in [7, 11) is 1.67. The van der Waals surface area contributed by atoms with E-state index < -0.39 is 0 Å². The number of nitrogens with two attached hydrogens (primary N) is 1. The summed E-state index contributed by atoms with van der Waals surface area (Å²) in [5, 5.41) is 0. The lowest BCUT2D eigenvalue weighted by Gasteiger charge is -2.35. The molecule has 0 heterocycles. The van der Waals surface area contributed by atoms with E-state index in [0.29, 0.717) is 13.2 Å². The first-order chi connectivity index (χ1) is 8.79. The summed E-state index contributed by atoms with van der Waals surface area (Å²) in [6.07, 6.45) is 6.23. The van der Waals surface area contributed by atoms with Gasteiger partial charge < -0.3 is 15.2 Å². The van der Waals surface area contributed by atoms with E-state index in [9.17, 15) is 0 Å². The minimum Gasteiger partial charge on any atom is -0.493 e. The van der Waals surface area contributed by atoms with Gasteiger partial charge in [-0.3, -0.25) is 0 Å². The fourth-order valence-corrected chi connectivity index (χ4v) is 2.68. The number of hydrogen-bond acceptors (Lipinski definition) is 3. The maximum atomic E-state index is 5.96. The van der Waals surface area contributed by atoms with Crippen molar-refractivity contribution in [1.29, 1.82) is 0 Å². The van der Waals surface area contributed by atoms with Crippen LogP contribution >= 0.6 is 0 Å². The second-order valence-electron chi connectivity index (χ2n) is 5.20. The van der Waals surface area contributed by atoms with Crippen LogP contribution in [0, 0.1) is 5.41 Å². The van der Waals surface area contributed by atoms with Crippen LogP contribution in [0.3, 0.4) is 0 Å². The van der Waals surface area contributed by atoms with Gasteiger partial charge in [0.05, 0.1) is 13.7 Å². The lowest BCUT2D eigenvalue weighted by atomic mass is 9.75. The highest BCUT2D eigenvalue weighted by molar-refractivity contribution is 5.39. The van der Waals surface area contributed by atoms with Crippen LogP contribution in [0.15, 0.2) is 24.3 Å². The minimum atomic E-state index is 0.166. The Morgan fingerprint density at radius 3 is 2.39 bits per heavy atom. The highest BCUT2D eigenvalue weighted by atomic mass is 16.5. The summed E-state index contributed by atoms with van der Waals surface area (Å²) < 4.78 is 11.3. The predicted octanol–water partition coefficient (Wildman–Crippen LogP) is 2.98. The smallest absolute Gasteiger partial charge is 0.161 e. The number of para-hydroxylation sites is 2. The van der Waals surface area contributed by atoms with E-state index in [2.05, 4.69) is 0 Å². The molecule has 0 bridgehead atoms. The van der Waals surface area contributed by atoms with Crippen LogP contribution < -0.4 is 15.2 Å². The molecule has 100 valence electrons. The Labute approximate surface area is 109 Å². The quantitative estimate of drug-likeness (QED) is 0.872. The summed E-state index contributed by atoms with van der Waals surface area (Å²) in [6, 6.07) is 7.79. The third kappa shape index (κ3) is 2.96. The Morgan fingerprint density at radius 2 is 1.78 bits per heavy atom. The zero-order valence-corrected chi connectivity index (χ0v) is 11.2. The maximum Gasteiger partial charge on any atom is 0.161 e. The van der Waals surface area contributed by atoms with Gasteiger partial charge in [-0.2, -0.15) is 0 Å². The molecule has 2 rings (SSSR count). The number of benzene rings is 1. The van der Waals surface area contributed by atoms with Crippen molar-refractivity contribution in [3.8, 4) is 11.5 Å². The molecule has 0 unspecified atom stereocenters. The van der Waals surface area contributed by atoms with Gasteiger partial charge in [0.25, 0.3) is 0 Å². The second kappa shape index (κ2) is 6.10. The molecule has 0 radical (unpaired) electrons. The van der Waals surface area contributed by atoms with Crippen LogP contribution in [0.4, 0.5) is 0 Å². The second-order valence-corrected chi connectivity index (χ2v) is 5.20. The largest absolute Gasteiger partial charge is 0.493 e. The molecule has 0 aliphatic heterocycles. The molecular formula is C15H23NO2. The van der Waals surface area contributed by atoms with E-state index in [1.54, 1.807) is 7.11 Å². The summed E-state index contributed by atoms with van der Waals surface area (Å²) >= 11 is 0. The van der Waals surface area contributed by atoms with E-state index in [4.69, 9.17) is 15.2 Å². The first kappa shape index (κ1) is 13.2. The Kier molecular flexibility index (Phi) is 4.48. The zero-order valence-electron chi connectivity index (χ0n) is 11.2. The molecule has 3 nitrogen and oxygen atoms in total. The molecule has 0 amide bonds. The molecule has 0 spiro atoms. The molecule has 1 aromatic carbocycles. The first-order valence-corrected chi connectivity index (χ1v) is 6.75. The van der Waals surface area contributed by atoms with Crippen molar-refractivity contribution >= 4 is 0 Å². The molecule has 2 N–H and O–H groups in total. The van der Waals surface area contributed by atoms with Crippen molar-refractivity contribution in [3.63, 3.8) is 0 Å². The van der Waals surface area contributed by atoms with Crippen molar-refractivity contribution in [2.24, 2.45) is 11.1 Å². The van der Waals surface area contributed by atoms with E-state index in [-0.39, 0.29) is 5.41 Å². The topological polar surface area (TPSA) is 44.5 Å². The average molecular weight is 249 g/mol. The molecule has 0 saturated heterocycles. The van der Waals surface area contributed by atoms with E-state index in [0.717, 1.165) is 11.5 Å². The van der Waals surface area contributed by atoms with Gasteiger partial charge in [0.1, 0.15) is 0 Å². The van der Waals surface area contributed by atoms with Crippen LogP contribution in [0.25, 0.3) is 0 Å². The third-order valence-corrected chi connectivity index (χ3v) is 3.95. The molecule has 1 aliphatic carbocycles. The lowest BCUT2D eigenvalue weighted by Crippen LogP contribution is -2.38.